The SMILES string of the molecule is CC1(C(=O)O)C(c2cccs2)C(C(=O)c2cccc(Cl)c2)C(C=Cc2ccccc2)N1C(=O)c1ccccc1. The van der Waals surface area contributed by atoms with Crippen LogP contribution in [0.2, 0.25) is 5.02 Å². The summed E-state index contributed by atoms with van der Waals surface area (Å²) in [5, 5.41) is 13.0. The highest BCUT2D eigenvalue weighted by Gasteiger charge is 2.64. The molecule has 0 bridgehead atoms. The van der Waals surface area contributed by atoms with Crippen LogP contribution >= 0.6 is 22.9 Å². The molecule has 3 aromatic carbocycles. The molecule has 1 saturated heterocycles. The number of Topliss-reactive ketones (excluding diaryl/α,β-unsaturated/α-hetero) is 1. The van der Waals surface area contributed by atoms with E-state index in [4.69, 9.17) is 11.6 Å². The van der Waals surface area contributed by atoms with Gasteiger partial charge < -0.3 is 10.0 Å². The molecular formula is C32H26ClNO4S. The summed E-state index contributed by atoms with van der Waals surface area (Å²) in [5.74, 6) is -3.58. The summed E-state index contributed by atoms with van der Waals surface area (Å²) in [4.78, 5) is 43.8. The fourth-order valence-corrected chi connectivity index (χ4v) is 6.70. The monoisotopic (exact) mass is 555 g/mol. The fourth-order valence-electron chi connectivity index (χ4n) is 5.51. The predicted octanol–water partition coefficient (Wildman–Crippen LogP) is 7.07. The third kappa shape index (κ3) is 4.93. The number of thiophene rings is 1. The zero-order chi connectivity index (χ0) is 27.6. The van der Waals surface area contributed by atoms with E-state index in [1.807, 2.05) is 53.9 Å². The lowest BCUT2D eigenvalue weighted by molar-refractivity contribution is -0.148. The maximum absolute atomic E-state index is 14.3. The molecule has 1 amide bonds. The first-order valence-corrected chi connectivity index (χ1v) is 13.8. The summed E-state index contributed by atoms with van der Waals surface area (Å²) in [6.07, 6.45) is 3.63. The standard InChI is InChI=1S/C32H26ClNO4S/c1-32(31(37)38)28(26-16-9-19-39-26)27(29(35)23-14-8-15-24(33)20-23)25(18-17-21-10-4-2-5-11-21)34(32)30(36)22-12-6-3-7-13-22/h2-20,25,27-28H,1H3,(H,37,38). The van der Waals surface area contributed by atoms with Crippen molar-refractivity contribution in [2.24, 2.45) is 5.92 Å². The molecule has 4 aromatic rings. The van der Waals surface area contributed by atoms with E-state index in [-0.39, 0.29) is 5.78 Å². The van der Waals surface area contributed by atoms with Crippen LogP contribution in [0.3, 0.4) is 0 Å². The Morgan fingerprint density at radius 2 is 1.56 bits per heavy atom. The van der Waals surface area contributed by atoms with Gasteiger partial charge >= 0.3 is 5.97 Å². The van der Waals surface area contributed by atoms with Gasteiger partial charge in [-0.2, -0.15) is 0 Å². The number of carboxylic acids is 1. The largest absolute Gasteiger partial charge is 0.479 e. The lowest BCUT2D eigenvalue weighted by Crippen LogP contribution is -2.55. The van der Waals surface area contributed by atoms with E-state index < -0.39 is 35.3 Å². The van der Waals surface area contributed by atoms with Gasteiger partial charge in [-0.15, -0.1) is 11.3 Å². The van der Waals surface area contributed by atoms with Crippen molar-refractivity contribution < 1.29 is 19.5 Å². The Labute approximate surface area is 236 Å². The predicted molar refractivity (Wildman–Crippen MR) is 154 cm³/mol. The molecule has 4 unspecified atom stereocenters. The maximum atomic E-state index is 14.3. The van der Waals surface area contributed by atoms with Crippen LogP contribution in [-0.2, 0) is 4.79 Å². The number of aliphatic carboxylic acids is 1. The van der Waals surface area contributed by atoms with Gasteiger partial charge in [-0.25, -0.2) is 4.79 Å². The van der Waals surface area contributed by atoms with Crippen molar-refractivity contribution in [3.05, 3.63) is 135 Å². The van der Waals surface area contributed by atoms with Gasteiger partial charge in [0, 0.05) is 26.9 Å². The van der Waals surface area contributed by atoms with Gasteiger partial charge in [0.25, 0.3) is 5.91 Å². The average Bonchev–Trinajstić information content (AvgIpc) is 3.57. The highest BCUT2D eigenvalue weighted by atomic mass is 35.5. The molecule has 4 atom stereocenters. The van der Waals surface area contributed by atoms with Crippen LogP contribution in [0.1, 0.15) is 44.0 Å². The van der Waals surface area contributed by atoms with Crippen LogP contribution in [-0.4, -0.2) is 39.2 Å². The Morgan fingerprint density at radius 1 is 0.897 bits per heavy atom. The Morgan fingerprint density at radius 3 is 2.18 bits per heavy atom. The first-order chi connectivity index (χ1) is 18.8. The van der Waals surface area contributed by atoms with E-state index in [1.54, 1.807) is 67.6 Å². The molecule has 1 aliphatic rings. The summed E-state index contributed by atoms with van der Waals surface area (Å²) < 4.78 is 0. The number of hydrogen-bond donors (Lipinski definition) is 1. The number of carbonyl (C=O) groups excluding carboxylic acids is 2. The Balaban J connectivity index is 1.75. The van der Waals surface area contributed by atoms with Gasteiger partial charge in [0.2, 0.25) is 0 Å². The van der Waals surface area contributed by atoms with Gasteiger partial charge in [-0.05, 0) is 48.2 Å². The molecule has 1 aliphatic heterocycles. The van der Waals surface area contributed by atoms with Crippen LogP contribution in [0.4, 0.5) is 0 Å². The molecule has 39 heavy (non-hydrogen) atoms. The van der Waals surface area contributed by atoms with Crippen LogP contribution in [0.15, 0.2) is 109 Å². The van der Waals surface area contributed by atoms with Crippen molar-refractivity contribution >= 4 is 46.7 Å². The number of rotatable bonds is 7. The molecule has 0 saturated carbocycles. The van der Waals surface area contributed by atoms with Crippen molar-refractivity contribution in [3.63, 3.8) is 0 Å². The van der Waals surface area contributed by atoms with Crippen molar-refractivity contribution in [1.82, 2.24) is 4.90 Å². The topological polar surface area (TPSA) is 74.7 Å². The number of carboxylic acid groups (broad SMARTS) is 1. The number of amides is 1. The number of hydrogen-bond acceptors (Lipinski definition) is 4. The van der Waals surface area contributed by atoms with E-state index in [0.29, 0.717) is 16.1 Å². The molecule has 5 nitrogen and oxygen atoms in total. The minimum atomic E-state index is -1.72. The van der Waals surface area contributed by atoms with E-state index in [2.05, 4.69) is 0 Å². The van der Waals surface area contributed by atoms with Gasteiger partial charge in [-0.3, -0.25) is 9.59 Å². The van der Waals surface area contributed by atoms with E-state index in [0.717, 1.165) is 10.4 Å². The number of ketones is 1. The molecule has 1 fully saturated rings. The summed E-state index contributed by atoms with van der Waals surface area (Å²) >= 11 is 7.63. The molecule has 1 N–H and O–H groups in total. The Bertz CT molecular complexity index is 1520. The molecule has 0 aliphatic carbocycles. The van der Waals surface area contributed by atoms with Gasteiger partial charge in [0.1, 0.15) is 5.54 Å². The second-order valence-electron chi connectivity index (χ2n) is 9.65. The lowest BCUT2D eigenvalue weighted by Gasteiger charge is -2.37. The molecule has 0 spiro atoms. The minimum absolute atomic E-state index is 0.269. The zero-order valence-electron chi connectivity index (χ0n) is 21.1. The van der Waals surface area contributed by atoms with E-state index >= 15 is 0 Å². The molecule has 5 rings (SSSR count). The Kier molecular flexibility index (Phi) is 7.51. The summed E-state index contributed by atoms with van der Waals surface area (Å²) in [5.41, 5.74) is -0.129. The normalized spacial score (nSPS) is 22.7. The number of likely N-dealkylation sites (tertiary alicyclic amines) is 1. The highest BCUT2D eigenvalue weighted by Crippen LogP contribution is 2.53. The first kappa shape index (κ1) is 26.6. The highest BCUT2D eigenvalue weighted by molar-refractivity contribution is 7.10. The molecule has 7 heteroatoms. The summed E-state index contributed by atoms with van der Waals surface area (Å²) in [6, 6.07) is 27.6. The molecule has 196 valence electrons. The molecular weight excluding hydrogens is 530 g/mol. The van der Waals surface area contributed by atoms with Crippen molar-refractivity contribution in [3.8, 4) is 0 Å². The number of benzene rings is 3. The Hall–Kier alpha value is -4.00. The van der Waals surface area contributed by atoms with Crippen LogP contribution in [0, 0.1) is 5.92 Å². The van der Waals surface area contributed by atoms with Crippen molar-refractivity contribution in [1.29, 1.82) is 0 Å². The van der Waals surface area contributed by atoms with Crippen molar-refractivity contribution in [2.45, 2.75) is 24.4 Å². The summed E-state index contributed by atoms with van der Waals surface area (Å²) in [6.45, 7) is 1.55. The zero-order valence-corrected chi connectivity index (χ0v) is 22.7. The number of carbonyl (C=O) groups is 3. The maximum Gasteiger partial charge on any atom is 0.330 e. The van der Waals surface area contributed by atoms with Crippen LogP contribution in [0.5, 0.6) is 0 Å². The third-order valence-corrected chi connectivity index (χ3v) is 8.54. The number of halogens is 1. The van der Waals surface area contributed by atoms with E-state index in [1.165, 1.54) is 16.2 Å². The van der Waals surface area contributed by atoms with Gasteiger partial charge in [0.15, 0.2) is 5.78 Å². The molecule has 2 heterocycles. The smallest absolute Gasteiger partial charge is 0.330 e. The second-order valence-corrected chi connectivity index (χ2v) is 11.1. The fraction of sp³-hybridized carbons (Fsp3) is 0.156. The van der Waals surface area contributed by atoms with Crippen LogP contribution in [0.25, 0.3) is 6.08 Å². The average molecular weight is 556 g/mol. The van der Waals surface area contributed by atoms with Gasteiger partial charge in [-0.1, -0.05) is 90.5 Å². The van der Waals surface area contributed by atoms with Crippen molar-refractivity contribution in [2.75, 3.05) is 0 Å². The summed E-state index contributed by atoms with van der Waals surface area (Å²) in [7, 11) is 0. The molecule has 1 aromatic heterocycles. The van der Waals surface area contributed by atoms with Gasteiger partial charge in [0.05, 0.1) is 12.0 Å². The lowest BCUT2D eigenvalue weighted by atomic mass is 9.75. The molecule has 0 radical (unpaired) electrons. The quantitative estimate of drug-likeness (QED) is 0.248. The minimum Gasteiger partial charge on any atom is -0.479 e. The van der Waals surface area contributed by atoms with E-state index in [9.17, 15) is 19.5 Å². The first-order valence-electron chi connectivity index (χ1n) is 12.5. The third-order valence-electron chi connectivity index (χ3n) is 7.35. The van der Waals surface area contributed by atoms with Crippen LogP contribution < -0.4 is 0 Å². The number of nitrogens with zero attached hydrogens (tertiary/aromatic N) is 1. The second kappa shape index (κ2) is 11.0.